The van der Waals surface area contributed by atoms with E-state index in [-0.39, 0.29) is 39.4 Å². The Hall–Kier alpha value is -1.54. The number of amides is 2. The van der Waals surface area contributed by atoms with E-state index in [1.54, 1.807) is 13.8 Å². The number of ether oxygens (including phenoxy) is 2. The predicted octanol–water partition coefficient (Wildman–Crippen LogP) is -0.607. The Bertz CT molecular complexity index is 363. The molecule has 0 aromatic heterocycles. The number of nitrogens with zero attached hydrogens (tertiary/aromatic N) is 2. The van der Waals surface area contributed by atoms with Gasteiger partial charge in [-0.1, -0.05) is 0 Å². The quantitative estimate of drug-likeness (QED) is 0.719. The van der Waals surface area contributed by atoms with Gasteiger partial charge in [-0.25, -0.2) is 9.59 Å². The highest BCUT2D eigenvalue weighted by molar-refractivity contribution is 5.71. The molecule has 0 aromatic carbocycles. The van der Waals surface area contributed by atoms with Crippen molar-refractivity contribution in [3.05, 3.63) is 0 Å². The molecule has 2 rings (SSSR count). The monoisotopic (exact) mass is 288 g/mol. The molecule has 8 nitrogen and oxygen atoms in total. The smallest absolute Gasteiger partial charge is 0.409 e. The molecule has 0 saturated carbocycles. The lowest BCUT2D eigenvalue weighted by molar-refractivity contribution is -0.252. The zero-order valence-corrected chi connectivity index (χ0v) is 11.7. The molecule has 2 aliphatic rings. The third kappa shape index (κ3) is 2.29. The first-order valence-corrected chi connectivity index (χ1v) is 6.63. The van der Waals surface area contributed by atoms with Crippen LogP contribution in [0.25, 0.3) is 0 Å². The number of carbonyl (C=O) groups excluding carboxylic acids is 2. The Morgan fingerprint density at radius 2 is 1.20 bits per heavy atom. The molecule has 2 N–H and O–H groups in total. The number of rotatable bonds is 3. The summed E-state index contributed by atoms with van der Waals surface area (Å²) >= 11 is 0. The lowest BCUT2D eigenvalue weighted by atomic mass is 9.72. The standard InChI is InChI=1S/C12H20N2O6/c1-3-19-9(15)13-5-11(17,6-13)12(18)7-14(8-12)10(16)20-4-2/h17-18H,3-8H2,1-2H3. The number of aliphatic hydroxyl groups is 2. The largest absolute Gasteiger partial charge is 0.450 e. The highest BCUT2D eigenvalue weighted by atomic mass is 16.6. The zero-order valence-electron chi connectivity index (χ0n) is 11.7. The first kappa shape index (κ1) is 14.9. The summed E-state index contributed by atoms with van der Waals surface area (Å²) in [6.45, 7) is 3.90. The minimum Gasteiger partial charge on any atom is -0.450 e. The fourth-order valence-electron chi connectivity index (χ4n) is 2.45. The van der Waals surface area contributed by atoms with Gasteiger partial charge in [0.15, 0.2) is 0 Å². The normalized spacial score (nSPS) is 22.6. The van der Waals surface area contributed by atoms with Gasteiger partial charge in [0, 0.05) is 0 Å². The van der Waals surface area contributed by atoms with Crippen molar-refractivity contribution in [2.24, 2.45) is 0 Å². The lowest BCUT2D eigenvalue weighted by Crippen LogP contribution is -2.83. The molecule has 2 fully saturated rings. The van der Waals surface area contributed by atoms with Crippen molar-refractivity contribution in [2.75, 3.05) is 39.4 Å². The van der Waals surface area contributed by atoms with Crippen LogP contribution in [0.3, 0.4) is 0 Å². The molecule has 2 heterocycles. The Morgan fingerprint density at radius 3 is 1.45 bits per heavy atom. The highest BCUT2D eigenvalue weighted by Gasteiger charge is 2.64. The van der Waals surface area contributed by atoms with Crippen LogP contribution in [0, 0.1) is 0 Å². The lowest BCUT2D eigenvalue weighted by Gasteiger charge is -2.59. The summed E-state index contributed by atoms with van der Waals surface area (Å²) in [5.74, 6) is 0. The van der Waals surface area contributed by atoms with Gasteiger partial charge in [-0.3, -0.25) is 0 Å². The van der Waals surface area contributed by atoms with Crippen molar-refractivity contribution in [1.82, 2.24) is 9.80 Å². The van der Waals surface area contributed by atoms with Crippen LogP contribution >= 0.6 is 0 Å². The fourth-order valence-corrected chi connectivity index (χ4v) is 2.45. The van der Waals surface area contributed by atoms with Crippen LogP contribution in [0.15, 0.2) is 0 Å². The number of carbonyl (C=O) groups is 2. The molecule has 0 aromatic rings. The van der Waals surface area contributed by atoms with E-state index in [1.807, 2.05) is 0 Å². The van der Waals surface area contributed by atoms with Gasteiger partial charge < -0.3 is 29.5 Å². The second kappa shape index (κ2) is 5.10. The predicted molar refractivity (Wildman–Crippen MR) is 67.1 cm³/mol. The molecule has 114 valence electrons. The molecule has 2 amide bonds. The third-order valence-corrected chi connectivity index (χ3v) is 3.73. The summed E-state index contributed by atoms with van der Waals surface area (Å²) in [4.78, 5) is 25.5. The molecule has 0 bridgehead atoms. The maximum absolute atomic E-state index is 11.4. The molecule has 0 spiro atoms. The van der Waals surface area contributed by atoms with Crippen LogP contribution in [0.1, 0.15) is 13.8 Å². The molecule has 0 radical (unpaired) electrons. The van der Waals surface area contributed by atoms with E-state index in [2.05, 4.69) is 0 Å². The van der Waals surface area contributed by atoms with Crippen molar-refractivity contribution in [1.29, 1.82) is 0 Å². The van der Waals surface area contributed by atoms with Crippen molar-refractivity contribution < 1.29 is 29.3 Å². The van der Waals surface area contributed by atoms with Crippen LogP contribution in [0.2, 0.25) is 0 Å². The van der Waals surface area contributed by atoms with Crippen LogP contribution in [-0.2, 0) is 9.47 Å². The average molecular weight is 288 g/mol. The summed E-state index contributed by atoms with van der Waals surface area (Å²) in [5.41, 5.74) is -2.80. The van der Waals surface area contributed by atoms with Crippen LogP contribution in [0.4, 0.5) is 9.59 Å². The minimum absolute atomic E-state index is 0.000993. The summed E-state index contributed by atoms with van der Waals surface area (Å²) < 4.78 is 9.61. The molecular formula is C12H20N2O6. The minimum atomic E-state index is -1.40. The summed E-state index contributed by atoms with van der Waals surface area (Å²) in [5, 5.41) is 20.7. The number of hydrogen-bond donors (Lipinski definition) is 2. The van der Waals surface area contributed by atoms with E-state index in [0.717, 1.165) is 0 Å². The fraction of sp³-hybridized carbons (Fsp3) is 0.833. The maximum Gasteiger partial charge on any atom is 0.409 e. The van der Waals surface area contributed by atoms with Gasteiger partial charge in [0.1, 0.15) is 11.2 Å². The molecule has 8 heteroatoms. The molecular weight excluding hydrogens is 268 g/mol. The zero-order chi connectivity index (χ0) is 15.0. The van der Waals surface area contributed by atoms with E-state index in [0.29, 0.717) is 0 Å². The number of likely N-dealkylation sites (tertiary alicyclic amines) is 2. The van der Waals surface area contributed by atoms with E-state index in [1.165, 1.54) is 9.80 Å². The van der Waals surface area contributed by atoms with Gasteiger partial charge in [0.05, 0.1) is 39.4 Å². The molecule has 2 aliphatic heterocycles. The second-order valence-electron chi connectivity index (χ2n) is 5.17. The third-order valence-electron chi connectivity index (χ3n) is 3.73. The molecule has 0 unspecified atom stereocenters. The number of hydrogen-bond acceptors (Lipinski definition) is 6. The molecule has 2 saturated heterocycles. The van der Waals surface area contributed by atoms with Gasteiger partial charge in [0.25, 0.3) is 0 Å². The average Bonchev–Trinajstić information content (AvgIpc) is 2.31. The van der Waals surface area contributed by atoms with Crippen molar-refractivity contribution in [2.45, 2.75) is 25.0 Å². The van der Waals surface area contributed by atoms with Crippen molar-refractivity contribution >= 4 is 12.2 Å². The van der Waals surface area contributed by atoms with Crippen molar-refractivity contribution in [3.8, 4) is 0 Å². The molecule has 20 heavy (non-hydrogen) atoms. The van der Waals surface area contributed by atoms with Gasteiger partial charge in [-0.05, 0) is 13.8 Å². The Morgan fingerprint density at radius 1 is 0.900 bits per heavy atom. The Kier molecular flexibility index (Phi) is 3.79. The van der Waals surface area contributed by atoms with Gasteiger partial charge in [-0.15, -0.1) is 0 Å². The highest BCUT2D eigenvalue weighted by Crippen LogP contribution is 2.39. The van der Waals surface area contributed by atoms with Gasteiger partial charge >= 0.3 is 12.2 Å². The molecule has 0 atom stereocenters. The van der Waals surface area contributed by atoms with Crippen LogP contribution in [-0.4, -0.2) is 82.8 Å². The topological polar surface area (TPSA) is 99.5 Å². The first-order chi connectivity index (χ1) is 9.35. The van der Waals surface area contributed by atoms with Gasteiger partial charge in [-0.2, -0.15) is 0 Å². The molecule has 0 aliphatic carbocycles. The SMILES string of the molecule is CCOC(=O)N1CC(O)(C2(O)CN(C(=O)OCC)C2)C1. The van der Waals surface area contributed by atoms with E-state index < -0.39 is 23.4 Å². The van der Waals surface area contributed by atoms with E-state index >= 15 is 0 Å². The second-order valence-corrected chi connectivity index (χ2v) is 5.17. The first-order valence-electron chi connectivity index (χ1n) is 6.63. The van der Waals surface area contributed by atoms with Crippen molar-refractivity contribution in [3.63, 3.8) is 0 Å². The summed E-state index contributed by atoms with van der Waals surface area (Å²) in [6.07, 6.45) is -1.02. The van der Waals surface area contributed by atoms with Gasteiger partial charge in [0.2, 0.25) is 0 Å². The maximum atomic E-state index is 11.4. The van der Waals surface area contributed by atoms with E-state index in [4.69, 9.17) is 9.47 Å². The Balaban J connectivity index is 1.85. The summed E-state index contributed by atoms with van der Waals surface area (Å²) in [7, 11) is 0. The Labute approximate surface area is 116 Å². The van der Waals surface area contributed by atoms with Crippen LogP contribution < -0.4 is 0 Å². The summed E-state index contributed by atoms with van der Waals surface area (Å²) in [6, 6.07) is 0. The number of β-amino-alcohol motifs (C(OH)–C–C–N with tert-alkyl or cyclic N) is 2. The van der Waals surface area contributed by atoms with E-state index in [9.17, 15) is 19.8 Å². The van der Waals surface area contributed by atoms with Crippen LogP contribution in [0.5, 0.6) is 0 Å².